The SMILES string of the molecule is CN(C1=C(c2ccc(F)cc2)C(=O)N(c2cc(F)ccc2F)C1=O)c1ccccc1. The highest BCUT2D eigenvalue weighted by atomic mass is 19.1. The third-order valence-corrected chi connectivity index (χ3v) is 4.82. The van der Waals surface area contributed by atoms with E-state index in [1.807, 2.05) is 0 Å². The van der Waals surface area contributed by atoms with Gasteiger partial charge in [-0.05, 0) is 42.0 Å². The minimum Gasteiger partial charge on any atom is -0.339 e. The molecule has 0 aliphatic carbocycles. The second kappa shape index (κ2) is 7.51. The van der Waals surface area contributed by atoms with E-state index in [9.17, 15) is 22.8 Å². The van der Waals surface area contributed by atoms with Gasteiger partial charge in [0.25, 0.3) is 11.8 Å². The molecule has 4 rings (SSSR count). The van der Waals surface area contributed by atoms with Crippen molar-refractivity contribution in [1.29, 1.82) is 0 Å². The lowest BCUT2D eigenvalue weighted by atomic mass is 10.0. The quantitative estimate of drug-likeness (QED) is 0.596. The van der Waals surface area contributed by atoms with Gasteiger partial charge in [0.2, 0.25) is 0 Å². The summed E-state index contributed by atoms with van der Waals surface area (Å²) in [4.78, 5) is 28.6. The second-order valence-electron chi connectivity index (χ2n) is 6.67. The first-order valence-corrected chi connectivity index (χ1v) is 9.01. The number of benzene rings is 3. The molecule has 30 heavy (non-hydrogen) atoms. The molecule has 0 atom stereocenters. The number of hydrogen-bond acceptors (Lipinski definition) is 3. The molecule has 1 aliphatic heterocycles. The molecule has 0 fully saturated rings. The van der Waals surface area contributed by atoms with Crippen LogP contribution < -0.4 is 9.80 Å². The number of hydrogen-bond donors (Lipinski definition) is 0. The van der Waals surface area contributed by atoms with Crippen molar-refractivity contribution in [3.8, 4) is 0 Å². The smallest absolute Gasteiger partial charge is 0.282 e. The summed E-state index contributed by atoms with van der Waals surface area (Å²) in [6.45, 7) is 0. The van der Waals surface area contributed by atoms with E-state index in [4.69, 9.17) is 0 Å². The molecule has 0 spiro atoms. The van der Waals surface area contributed by atoms with E-state index in [-0.39, 0.29) is 16.8 Å². The summed E-state index contributed by atoms with van der Waals surface area (Å²) >= 11 is 0. The summed E-state index contributed by atoms with van der Waals surface area (Å²) in [7, 11) is 1.59. The molecule has 0 aromatic heterocycles. The highest BCUT2D eigenvalue weighted by molar-refractivity contribution is 6.46. The van der Waals surface area contributed by atoms with Crippen LogP contribution in [0.2, 0.25) is 0 Å². The summed E-state index contributed by atoms with van der Waals surface area (Å²) in [6, 6.07) is 16.4. The Labute approximate surface area is 170 Å². The van der Waals surface area contributed by atoms with Gasteiger partial charge in [-0.3, -0.25) is 9.59 Å². The van der Waals surface area contributed by atoms with E-state index in [1.54, 1.807) is 37.4 Å². The first-order chi connectivity index (χ1) is 14.4. The Morgan fingerprint density at radius 3 is 2.07 bits per heavy atom. The molecule has 150 valence electrons. The van der Waals surface area contributed by atoms with Crippen LogP contribution in [0.3, 0.4) is 0 Å². The molecule has 4 nitrogen and oxygen atoms in total. The molecule has 0 N–H and O–H groups in total. The van der Waals surface area contributed by atoms with Crippen molar-refractivity contribution in [1.82, 2.24) is 0 Å². The van der Waals surface area contributed by atoms with Crippen LogP contribution in [-0.4, -0.2) is 18.9 Å². The predicted octanol–water partition coefficient (Wildman–Crippen LogP) is 4.52. The molecule has 0 saturated carbocycles. The number of carbonyl (C=O) groups is 2. The van der Waals surface area contributed by atoms with Crippen molar-refractivity contribution >= 4 is 28.8 Å². The lowest BCUT2D eigenvalue weighted by Crippen LogP contribution is -2.35. The van der Waals surface area contributed by atoms with E-state index in [2.05, 4.69) is 0 Å². The Bertz CT molecular complexity index is 1170. The van der Waals surface area contributed by atoms with Gasteiger partial charge >= 0.3 is 0 Å². The topological polar surface area (TPSA) is 40.6 Å². The van der Waals surface area contributed by atoms with Gasteiger partial charge in [-0.25, -0.2) is 18.1 Å². The first kappa shape index (κ1) is 19.4. The average molecular weight is 408 g/mol. The normalized spacial score (nSPS) is 13.9. The minimum atomic E-state index is -0.917. The zero-order valence-electron chi connectivity index (χ0n) is 15.8. The monoisotopic (exact) mass is 408 g/mol. The molecule has 2 amide bonds. The van der Waals surface area contributed by atoms with Gasteiger partial charge in [0.1, 0.15) is 23.1 Å². The van der Waals surface area contributed by atoms with Gasteiger partial charge in [0.15, 0.2) is 0 Å². The molecule has 0 bridgehead atoms. The van der Waals surface area contributed by atoms with Crippen molar-refractivity contribution < 1.29 is 22.8 Å². The molecule has 3 aromatic carbocycles. The van der Waals surface area contributed by atoms with Gasteiger partial charge in [0, 0.05) is 18.8 Å². The Kier molecular flexibility index (Phi) is 4.87. The fourth-order valence-electron chi connectivity index (χ4n) is 3.36. The van der Waals surface area contributed by atoms with Crippen LogP contribution in [0.15, 0.2) is 78.5 Å². The van der Waals surface area contributed by atoms with Crippen molar-refractivity contribution in [3.63, 3.8) is 0 Å². The number of carbonyl (C=O) groups excluding carboxylic acids is 2. The van der Waals surface area contributed by atoms with Crippen LogP contribution in [0, 0.1) is 17.5 Å². The maximum atomic E-state index is 14.4. The zero-order chi connectivity index (χ0) is 21.4. The fraction of sp³-hybridized carbons (Fsp3) is 0.0435. The lowest BCUT2D eigenvalue weighted by molar-refractivity contribution is -0.120. The van der Waals surface area contributed by atoms with Crippen molar-refractivity contribution in [2.45, 2.75) is 0 Å². The van der Waals surface area contributed by atoms with Crippen LogP contribution >= 0.6 is 0 Å². The van der Waals surface area contributed by atoms with E-state index < -0.39 is 35.0 Å². The van der Waals surface area contributed by atoms with Crippen molar-refractivity contribution in [2.24, 2.45) is 0 Å². The van der Waals surface area contributed by atoms with Gasteiger partial charge in [-0.1, -0.05) is 30.3 Å². The summed E-state index contributed by atoms with van der Waals surface area (Å²) < 4.78 is 41.6. The van der Waals surface area contributed by atoms with Crippen LogP contribution in [0.25, 0.3) is 5.57 Å². The molecular formula is C23H15F3N2O2. The van der Waals surface area contributed by atoms with Gasteiger partial charge in [0.05, 0.1) is 11.3 Å². The standard InChI is InChI=1S/C23H15F3N2O2/c1-27(17-5-3-2-4-6-17)21-20(14-7-9-15(24)10-8-14)22(29)28(23(21)30)19-13-16(25)11-12-18(19)26/h2-13H,1H3. The van der Waals surface area contributed by atoms with Crippen LogP contribution in [0.5, 0.6) is 0 Å². The second-order valence-corrected chi connectivity index (χ2v) is 6.67. The first-order valence-electron chi connectivity index (χ1n) is 9.01. The molecule has 0 saturated heterocycles. The molecule has 0 radical (unpaired) electrons. The zero-order valence-corrected chi connectivity index (χ0v) is 15.8. The highest BCUT2D eigenvalue weighted by Crippen LogP contribution is 2.37. The lowest BCUT2D eigenvalue weighted by Gasteiger charge is -2.21. The van der Waals surface area contributed by atoms with Crippen LogP contribution in [0.4, 0.5) is 24.5 Å². The largest absolute Gasteiger partial charge is 0.339 e. The Balaban J connectivity index is 1.90. The van der Waals surface area contributed by atoms with Crippen molar-refractivity contribution in [3.05, 3.63) is 102 Å². The number of amides is 2. The summed E-state index contributed by atoms with van der Waals surface area (Å²) in [6.07, 6.45) is 0. The van der Waals surface area contributed by atoms with E-state index in [0.717, 1.165) is 30.3 Å². The third kappa shape index (κ3) is 3.24. The average Bonchev–Trinajstić information content (AvgIpc) is 3.00. The van der Waals surface area contributed by atoms with Crippen molar-refractivity contribution in [2.75, 3.05) is 16.8 Å². The molecule has 1 heterocycles. The third-order valence-electron chi connectivity index (χ3n) is 4.82. The summed E-state index contributed by atoms with van der Waals surface area (Å²) in [5.74, 6) is -3.86. The Morgan fingerprint density at radius 1 is 0.767 bits per heavy atom. The number of halogens is 3. The fourth-order valence-corrected chi connectivity index (χ4v) is 3.36. The van der Waals surface area contributed by atoms with E-state index in [0.29, 0.717) is 10.6 Å². The molecular weight excluding hydrogens is 393 g/mol. The van der Waals surface area contributed by atoms with Gasteiger partial charge in [-0.15, -0.1) is 0 Å². The molecule has 0 unspecified atom stereocenters. The number of para-hydroxylation sites is 1. The number of imide groups is 1. The minimum absolute atomic E-state index is 0.0264. The number of nitrogens with zero attached hydrogens (tertiary/aromatic N) is 2. The summed E-state index contributed by atoms with van der Waals surface area (Å²) in [5, 5.41) is 0. The van der Waals surface area contributed by atoms with E-state index >= 15 is 0 Å². The van der Waals surface area contributed by atoms with Gasteiger partial charge in [-0.2, -0.15) is 0 Å². The molecule has 1 aliphatic rings. The molecule has 7 heteroatoms. The number of rotatable bonds is 4. The number of likely N-dealkylation sites (N-methyl/N-ethyl adjacent to an activating group) is 1. The maximum Gasteiger partial charge on any atom is 0.282 e. The Morgan fingerprint density at radius 2 is 1.40 bits per heavy atom. The number of anilines is 2. The van der Waals surface area contributed by atoms with Gasteiger partial charge < -0.3 is 4.90 Å². The molecule has 3 aromatic rings. The predicted molar refractivity (Wildman–Crippen MR) is 107 cm³/mol. The summed E-state index contributed by atoms with van der Waals surface area (Å²) in [5.41, 5.74) is 0.347. The highest BCUT2D eigenvalue weighted by Gasteiger charge is 2.43. The Hall–Kier alpha value is -3.87. The van der Waals surface area contributed by atoms with Crippen LogP contribution in [-0.2, 0) is 9.59 Å². The maximum absolute atomic E-state index is 14.4. The van der Waals surface area contributed by atoms with Crippen LogP contribution in [0.1, 0.15) is 5.56 Å². The van der Waals surface area contributed by atoms with E-state index in [1.165, 1.54) is 17.0 Å².